The monoisotopic (exact) mass is 363 g/mol. The Bertz CT molecular complexity index is 918. The third-order valence-electron chi connectivity index (χ3n) is 6.12. The molecule has 0 saturated carbocycles. The molecular weight excluding hydrogens is 334 g/mol. The number of ketones is 1. The zero-order valence-electron chi connectivity index (χ0n) is 17.2. The second kappa shape index (κ2) is 6.63. The van der Waals surface area contributed by atoms with E-state index in [4.69, 9.17) is 0 Å². The van der Waals surface area contributed by atoms with Gasteiger partial charge in [-0.15, -0.1) is 0 Å². The maximum Gasteiger partial charge on any atom is 0.159 e. The van der Waals surface area contributed by atoms with Gasteiger partial charge in [-0.1, -0.05) is 63.2 Å². The van der Waals surface area contributed by atoms with E-state index < -0.39 is 0 Å². The van der Waals surface area contributed by atoms with Gasteiger partial charge in [0.25, 0.3) is 0 Å². The smallest absolute Gasteiger partial charge is 0.159 e. The molecule has 3 rings (SSSR count). The van der Waals surface area contributed by atoms with Gasteiger partial charge in [-0.25, -0.2) is 0 Å². The molecule has 1 N–H and O–H groups in total. The normalized spacial score (nSPS) is 18.1. The summed E-state index contributed by atoms with van der Waals surface area (Å²) >= 11 is 0. The molecule has 0 fully saturated rings. The molecule has 0 spiro atoms. The number of Topliss-reactive ketones (excluding diaryl/α,β-unsaturated/α-hetero) is 1. The summed E-state index contributed by atoms with van der Waals surface area (Å²) in [6.07, 6.45) is 2.30. The van der Waals surface area contributed by atoms with Gasteiger partial charge in [0.1, 0.15) is 5.71 Å². The Morgan fingerprint density at radius 3 is 1.89 bits per heavy atom. The first kappa shape index (κ1) is 19.3. The van der Waals surface area contributed by atoms with Gasteiger partial charge >= 0.3 is 0 Å². The number of carbonyl (C=O) groups is 1. The summed E-state index contributed by atoms with van der Waals surface area (Å²) < 4.78 is 0. The minimum absolute atomic E-state index is 0.0259. The predicted molar refractivity (Wildman–Crippen MR) is 110 cm³/mol. The average Bonchev–Trinajstić information content (AvgIpc) is 2.61. The maximum absolute atomic E-state index is 11.5. The van der Waals surface area contributed by atoms with E-state index in [-0.39, 0.29) is 16.6 Å². The molecule has 0 radical (unpaired) electrons. The summed E-state index contributed by atoms with van der Waals surface area (Å²) in [5.41, 5.74) is 7.01. The lowest BCUT2D eigenvalue weighted by Gasteiger charge is -2.42. The van der Waals surface area contributed by atoms with Crippen LogP contribution in [-0.2, 0) is 10.8 Å². The van der Waals surface area contributed by atoms with Gasteiger partial charge in [0, 0.05) is 16.7 Å². The molecule has 0 bridgehead atoms. The first-order valence-electron chi connectivity index (χ1n) is 9.56. The molecule has 0 atom stereocenters. The first-order valence-corrected chi connectivity index (χ1v) is 9.56. The second-order valence-electron chi connectivity index (χ2n) is 9.06. The summed E-state index contributed by atoms with van der Waals surface area (Å²) in [6.45, 7) is 12.8. The van der Waals surface area contributed by atoms with Crippen molar-refractivity contribution in [2.45, 2.75) is 65.2 Å². The van der Waals surface area contributed by atoms with Crippen LogP contribution >= 0.6 is 0 Å². The van der Waals surface area contributed by atoms with Crippen LogP contribution in [0.3, 0.4) is 0 Å². The molecule has 0 aliphatic heterocycles. The molecule has 2 aromatic carbocycles. The molecule has 0 aromatic heterocycles. The van der Waals surface area contributed by atoms with Crippen molar-refractivity contribution < 1.29 is 10.0 Å². The van der Waals surface area contributed by atoms with E-state index >= 15 is 0 Å². The number of aryl methyl sites for hydroxylation is 1. The fourth-order valence-corrected chi connectivity index (χ4v) is 4.11. The number of oxime groups is 1. The molecule has 0 saturated heterocycles. The number of carbonyl (C=O) groups excluding carboxylic acids is 1. The first-order chi connectivity index (χ1) is 12.6. The van der Waals surface area contributed by atoms with Crippen molar-refractivity contribution in [3.8, 4) is 0 Å². The maximum atomic E-state index is 11.5. The van der Waals surface area contributed by atoms with Crippen molar-refractivity contribution in [2.24, 2.45) is 5.16 Å². The van der Waals surface area contributed by atoms with E-state index in [1.54, 1.807) is 19.1 Å². The molecule has 1 aliphatic rings. The van der Waals surface area contributed by atoms with Crippen LogP contribution in [0.4, 0.5) is 0 Å². The molecule has 3 nitrogen and oxygen atoms in total. The van der Waals surface area contributed by atoms with Crippen LogP contribution in [0, 0.1) is 6.92 Å². The van der Waals surface area contributed by atoms with Gasteiger partial charge in [0.05, 0.1) is 0 Å². The van der Waals surface area contributed by atoms with Crippen LogP contribution < -0.4 is 0 Å². The Kier molecular flexibility index (Phi) is 4.75. The fraction of sp³-hybridized carbons (Fsp3) is 0.417. The predicted octanol–water partition coefficient (Wildman–Crippen LogP) is 5.77. The van der Waals surface area contributed by atoms with Crippen LogP contribution in [0.5, 0.6) is 0 Å². The van der Waals surface area contributed by atoms with Crippen molar-refractivity contribution in [1.29, 1.82) is 0 Å². The van der Waals surface area contributed by atoms with Crippen LogP contribution in [0.15, 0.2) is 41.6 Å². The molecule has 27 heavy (non-hydrogen) atoms. The minimum atomic E-state index is 0.0259. The average molecular weight is 364 g/mol. The lowest BCUT2D eigenvalue weighted by Crippen LogP contribution is -2.34. The van der Waals surface area contributed by atoms with Gasteiger partial charge in [-0.05, 0) is 60.3 Å². The number of fused-ring (bicyclic) bond motifs is 1. The van der Waals surface area contributed by atoms with E-state index in [1.807, 2.05) is 12.1 Å². The van der Waals surface area contributed by atoms with E-state index in [0.29, 0.717) is 11.3 Å². The molecule has 1 aliphatic carbocycles. The fourth-order valence-electron chi connectivity index (χ4n) is 4.11. The quantitative estimate of drug-likeness (QED) is 0.325. The van der Waals surface area contributed by atoms with Crippen LogP contribution in [0.1, 0.15) is 85.6 Å². The van der Waals surface area contributed by atoms with Crippen molar-refractivity contribution in [3.63, 3.8) is 0 Å². The highest BCUT2D eigenvalue weighted by Gasteiger charge is 2.37. The number of nitrogens with zero attached hydrogens (tertiary/aromatic N) is 1. The topological polar surface area (TPSA) is 49.7 Å². The lowest BCUT2D eigenvalue weighted by atomic mass is 9.62. The van der Waals surface area contributed by atoms with Crippen LogP contribution in [0.2, 0.25) is 0 Å². The highest BCUT2D eigenvalue weighted by Crippen LogP contribution is 2.46. The van der Waals surface area contributed by atoms with E-state index in [9.17, 15) is 10.0 Å². The van der Waals surface area contributed by atoms with Crippen molar-refractivity contribution in [1.82, 2.24) is 0 Å². The molecule has 0 amide bonds. The van der Waals surface area contributed by atoms with Gasteiger partial charge in [-0.3, -0.25) is 4.79 Å². The Labute approximate surface area is 162 Å². The molecule has 142 valence electrons. The van der Waals surface area contributed by atoms with Crippen molar-refractivity contribution in [3.05, 3.63) is 69.8 Å². The van der Waals surface area contributed by atoms with Gasteiger partial charge in [0.15, 0.2) is 5.78 Å². The zero-order chi connectivity index (χ0) is 20.0. The highest BCUT2D eigenvalue weighted by molar-refractivity contribution is 6.14. The van der Waals surface area contributed by atoms with Crippen molar-refractivity contribution in [2.75, 3.05) is 0 Å². The van der Waals surface area contributed by atoms with E-state index in [0.717, 1.165) is 23.1 Å². The van der Waals surface area contributed by atoms with Gasteiger partial charge in [-0.2, -0.15) is 0 Å². The Hall–Kier alpha value is -2.42. The Morgan fingerprint density at radius 2 is 1.41 bits per heavy atom. The highest BCUT2D eigenvalue weighted by atomic mass is 16.4. The van der Waals surface area contributed by atoms with E-state index in [2.05, 4.69) is 51.9 Å². The third-order valence-corrected chi connectivity index (χ3v) is 6.12. The summed E-state index contributed by atoms with van der Waals surface area (Å²) in [6, 6.07) is 11.7. The lowest BCUT2D eigenvalue weighted by molar-refractivity contribution is 0.101. The molecule has 2 aromatic rings. The Morgan fingerprint density at radius 1 is 0.926 bits per heavy atom. The summed E-state index contributed by atoms with van der Waals surface area (Å²) in [7, 11) is 0. The molecule has 0 heterocycles. The Balaban J connectivity index is 2.15. The third kappa shape index (κ3) is 3.43. The van der Waals surface area contributed by atoms with Crippen LogP contribution in [0.25, 0.3) is 0 Å². The van der Waals surface area contributed by atoms with Gasteiger partial charge in [0.2, 0.25) is 0 Å². The standard InChI is InChI=1S/C24H29NO2/c1-15-13-20-21(24(5,6)12-11-23(20,3)4)14-19(15)22(25-27)18-9-7-17(8-10-18)16(2)26/h7-10,13-14,27H,11-12H2,1-6H3/b25-22-. The second-order valence-corrected chi connectivity index (χ2v) is 9.06. The minimum Gasteiger partial charge on any atom is -0.410 e. The van der Waals surface area contributed by atoms with E-state index in [1.165, 1.54) is 17.5 Å². The van der Waals surface area contributed by atoms with Crippen LogP contribution in [-0.4, -0.2) is 16.7 Å². The number of hydrogen-bond donors (Lipinski definition) is 1. The number of rotatable bonds is 3. The largest absolute Gasteiger partial charge is 0.410 e. The number of benzene rings is 2. The van der Waals surface area contributed by atoms with Gasteiger partial charge < -0.3 is 5.21 Å². The number of hydrogen-bond acceptors (Lipinski definition) is 3. The van der Waals surface area contributed by atoms with Crippen molar-refractivity contribution >= 4 is 11.5 Å². The zero-order valence-corrected chi connectivity index (χ0v) is 17.2. The summed E-state index contributed by atoms with van der Waals surface area (Å²) in [5, 5.41) is 13.4. The summed E-state index contributed by atoms with van der Waals surface area (Å²) in [5.74, 6) is 0.0259. The SMILES string of the molecule is CC(=O)c1ccc(/C(=N/O)c2cc3c(cc2C)C(C)(C)CCC3(C)C)cc1. The molecule has 0 unspecified atom stereocenters. The molecule has 3 heteroatoms. The molecular formula is C24H29NO2. The summed E-state index contributed by atoms with van der Waals surface area (Å²) in [4.78, 5) is 11.5.